The predicted molar refractivity (Wildman–Crippen MR) is 80.9 cm³/mol. The topological polar surface area (TPSA) is 34.2 Å². The van der Waals surface area contributed by atoms with Gasteiger partial charge in [0, 0.05) is 29.1 Å². The maximum absolute atomic E-state index is 5.46. The summed E-state index contributed by atoms with van der Waals surface area (Å²) in [6, 6.07) is 0.487. The molecule has 1 unspecified atom stereocenters. The Morgan fingerprint density at radius 1 is 1.32 bits per heavy atom. The molecule has 1 rings (SSSR count). The first kappa shape index (κ1) is 16.0. The molecule has 1 aromatic rings. The predicted octanol–water partition coefficient (Wildman–Crippen LogP) is 3.27. The maximum Gasteiger partial charge on any atom is 0.128 e. The molecule has 1 atom stereocenters. The summed E-state index contributed by atoms with van der Waals surface area (Å²) in [7, 11) is 3.76. The van der Waals surface area contributed by atoms with Gasteiger partial charge in [-0.1, -0.05) is 20.8 Å². The molecule has 0 aliphatic carbocycles. The van der Waals surface area contributed by atoms with E-state index >= 15 is 0 Å². The second-order valence-corrected chi connectivity index (χ2v) is 6.29. The molecule has 0 aliphatic heterocycles. The normalized spacial score (nSPS) is 13.4. The van der Waals surface area contributed by atoms with Crippen molar-refractivity contribution in [1.29, 1.82) is 0 Å². The molecule has 3 nitrogen and oxygen atoms in total. The zero-order valence-electron chi connectivity index (χ0n) is 13.4. The van der Waals surface area contributed by atoms with Gasteiger partial charge in [0.2, 0.25) is 0 Å². The zero-order chi connectivity index (χ0) is 14.6. The van der Waals surface area contributed by atoms with Gasteiger partial charge in [-0.2, -0.15) is 0 Å². The van der Waals surface area contributed by atoms with E-state index in [4.69, 9.17) is 4.74 Å². The smallest absolute Gasteiger partial charge is 0.128 e. The first-order chi connectivity index (χ1) is 8.81. The molecule has 1 N–H and O–H groups in total. The number of nitrogens with zero attached hydrogens (tertiary/aromatic N) is 1. The first-order valence-electron chi connectivity index (χ1n) is 6.97. The Balaban J connectivity index is 2.84. The van der Waals surface area contributed by atoms with Crippen LogP contribution in [-0.4, -0.2) is 25.2 Å². The molecule has 1 aromatic heterocycles. The third-order valence-corrected chi connectivity index (χ3v) is 3.81. The quantitative estimate of drug-likeness (QED) is 0.886. The number of aryl methyl sites for hydroxylation is 2. The van der Waals surface area contributed by atoms with E-state index in [2.05, 4.69) is 38.0 Å². The SMILES string of the molecule is CNC(CCc1ncc(C)c(OC)c1C)C(C)(C)C. The fraction of sp³-hybridized carbons (Fsp3) is 0.688. The molecule has 108 valence electrons. The van der Waals surface area contributed by atoms with E-state index in [0.717, 1.165) is 29.8 Å². The van der Waals surface area contributed by atoms with Crippen LogP contribution >= 0.6 is 0 Å². The van der Waals surface area contributed by atoms with Crippen LogP contribution in [0.1, 0.15) is 44.0 Å². The summed E-state index contributed by atoms with van der Waals surface area (Å²) in [4.78, 5) is 4.57. The van der Waals surface area contributed by atoms with Crippen LogP contribution in [0.2, 0.25) is 0 Å². The van der Waals surface area contributed by atoms with Crippen LogP contribution in [0, 0.1) is 19.3 Å². The van der Waals surface area contributed by atoms with E-state index in [1.54, 1.807) is 7.11 Å². The van der Waals surface area contributed by atoms with Gasteiger partial charge in [0.25, 0.3) is 0 Å². The Kier molecular flexibility index (Phi) is 5.36. The van der Waals surface area contributed by atoms with E-state index in [1.165, 1.54) is 5.56 Å². The van der Waals surface area contributed by atoms with E-state index in [-0.39, 0.29) is 5.41 Å². The molecule has 0 saturated heterocycles. The fourth-order valence-electron chi connectivity index (χ4n) is 2.61. The van der Waals surface area contributed by atoms with Gasteiger partial charge in [0.05, 0.1) is 7.11 Å². The first-order valence-corrected chi connectivity index (χ1v) is 6.97. The van der Waals surface area contributed by atoms with Crippen LogP contribution in [0.25, 0.3) is 0 Å². The monoisotopic (exact) mass is 264 g/mol. The Morgan fingerprint density at radius 2 is 1.95 bits per heavy atom. The van der Waals surface area contributed by atoms with Gasteiger partial charge >= 0.3 is 0 Å². The molecule has 0 radical (unpaired) electrons. The average molecular weight is 264 g/mol. The van der Waals surface area contributed by atoms with E-state index < -0.39 is 0 Å². The number of aromatic nitrogens is 1. The highest BCUT2D eigenvalue weighted by atomic mass is 16.5. The van der Waals surface area contributed by atoms with E-state index in [1.807, 2.05) is 20.2 Å². The van der Waals surface area contributed by atoms with Gasteiger partial charge in [-0.05, 0) is 39.2 Å². The standard InChI is InChI=1S/C16H28N2O/c1-11-10-18-13(12(2)15(11)19-7)8-9-14(17-6)16(3,4)5/h10,14,17H,8-9H2,1-7H3. The molecule has 19 heavy (non-hydrogen) atoms. The molecule has 0 spiro atoms. The molecular formula is C16H28N2O. The summed E-state index contributed by atoms with van der Waals surface area (Å²) in [6.07, 6.45) is 3.97. The van der Waals surface area contributed by atoms with Crippen molar-refractivity contribution >= 4 is 0 Å². The number of hydrogen-bond acceptors (Lipinski definition) is 3. The van der Waals surface area contributed by atoms with Crippen LogP contribution in [-0.2, 0) is 6.42 Å². The summed E-state index contributed by atoms with van der Waals surface area (Å²) < 4.78 is 5.46. The number of rotatable bonds is 5. The molecular weight excluding hydrogens is 236 g/mol. The summed E-state index contributed by atoms with van der Waals surface area (Å²) >= 11 is 0. The van der Waals surface area contributed by atoms with E-state index in [9.17, 15) is 0 Å². The Bertz CT molecular complexity index is 421. The number of ether oxygens (including phenoxy) is 1. The van der Waals surface area contributed by atoms with Crippen LogP contribution in [0.4, 0.5) is 0 Å². The largest absolute Gasteiger partial charge is 0.496 e. The third-order valence-electron chi connectivity index (χ3n) is 3.81. The lowest BCUT2D eigenvalue weighted by atomic mass is 9.83. The second-order valence-electron chi connectivity index (χ2n) is 6.29. The number of methoxy groups -OCH3 is 1. The third kappa shape index (κ3) is 3.93. The van der Waals surface area contributed by atoms with Gasteiger partial charge in [0.1, 0.15) is 5.75 Å². The Morgan fingerprint density at radius 3 is 2.42 bits per heavy atom. The highest BCUT2D eigenvalue weighted by molar-refractivity contribution is 5.41. The molecule has 1 heterocycles. The van der Waals surface area contributed by atoms with E-state index in [0.29, 0.717) is 6.04 Å². The van der Waals surface area contributed by atoms with Crippen LogP contribution < -0.4 is 10.1 Å². The number of pyridine rings is 1. The van der Waals surface area contributed by atoms with Crippen molar-refractivity contribution in [2.24, 2.45) is 5.41 Å². The molecule has 3 heteroatoms. The lowest BCUT2D eigenvalue weighted by Crippen LogP contribution is -2.38. The zero-order valence-corrected chi connectivity index (χ0v) is 13.4. The summed E-state index contributed by atoms with van der Waals surface area (Å²) in [6.45, 7) is 10.9. The summed E-state index contributed by atoms with van der Waals surface area (Å²) in [5.74, 6) is 0.974. The van der Waals surface area contributed by atoms with Crippen molar-refractivity contribution in [1.82, 2.24) is 10.3 Å². The number of hydrogen-bond donors (Lipinski definition) is 1. The van der Waals surface area contributed by atoms with Crippen LogP contribution in [0.15, 0.2) is 6.20 Å². The number of nitrogens with one attached hydrogen (secondary N) is 1. The summed E-state index contributed by atoms with van der Waals surface area (Å²) in [5.41, 5.74) is 3.68. The lowest BCUT2D eigenvalue weighted by Gasteiger charge is -2.30. The minimum atomic E-state index is 0.261. The van der Waals surface area contributed by atoms with Crippen molar-refractivity contribution in [2.75, 3.05) is 14.2 Å². The molecule has 0 bridgehead atoms. The lowest BCUT2D eigenvalue weighted by molar-refractivity contribution is 0.267. The van der Waals surface area contributed by atoms with Crippen molar-refractivity contribution in [2.45, 2.75) is 53.5 Å². The molecule has 0 saturated carbocycles. The Hall–Kier alpha value is -1.09. The fourth-order valence-corrected chi connectivity index (χ4v) is 2.61. The van der Waals surface area contributed by atoms with Crippen molar-refractivity contribution in [3.63, 3.8) is 0 Å². The molecule has 0 aromatic carbocycles. The minimum Gasteiger partial charge on any atom is -0.496 e. The highest BCUT2D eigenvalue weighted by Crippen LogP contribution is 2.27. The molecule has 0 amide bonds. The van der Waals surface area contributed by atoms with Crippen LogP contribution in [0.5, 0.6) is 5.75 Å². The second kappa shape index (κ2) is 6.38. The van der Waals surface area contributed by atoms with Crippen molar-refractivity contribution in [3.05, 3.63) is 23.0 Å². The average Bonchev–Trinajstić information content (AvgIpc) is 2.31. The van der Waals surface area contributed by atoms with Gasteiger partial charge < -0.3 is 10.1 Å². The van der Waals surface area contributed by atoms with Gasteiger partial charge in [-0.25, -0.2) is 0 Å². The summed E-state index contributed by atoms with van der Waals surface area (Å²) in [5, 5.41) is 3.41. The van der Waals surface area contributed by atoms with Gasteiger partial charge in [-0.3, -0.25) is 4.98 Å². The van der Waals surface area contributed by atoms with Crippen LogP contribution in [0.3, 0.4) is 0 Å². The maximum atomic E-state index is 5.46. The Labute approximate surface area is 117 Å². The molecule has 0 aliphatic rings. The minimum absolute atomic E-state index is 0.261. The highest BCUT2D eigenvalue weighted by Gasteiger charge is 2.23. The van der Waals surface area contributed by atoms with Crippen molar-refractivity contribution < 1.29 is 4.74 Å². The molecule has 0 fully saturated rings. The van der Waals surface area contributed by atoms with Gasteiger partial charge in [-0.15, -0.1) is 0 Å². The van der Waals surface area contributed by atoms with Crippen molar-refractivity contribution in [3.8, 4) is 5.75 Å². The van der Waals surface area contributed by atoms with Gasteiger partial charge in [0.15, 0.2) is 0 Å².